The molecule has 0 fully saturated rings. The van der Waals surface area contributed by atoms with Crippen LogP contribution in [0.4, 0.5) is 4.39 Å². The highest BCUT2D eigenvalue weighted by molar-refractivity contribution is 9.10. The summed E-state index contributed by atoms with van der Waals surface area (Å²) < 4.78 is 15.5. The fourth-order valence-electron chi connectivity index (χ4n) is 2.00. The molecule has 2 rings (SSSR count). The summed E-state index contributed by atoms with van der Waals surface area (Å²) in [6, 6.07) is 4.04. The van der Waals surface area contributed by atoms with Crippen LogP contribution in [0.1, 0.15) is 28.7 Å². The molecule has 0 aliphatic carbocycles. The van der Waals surface area contributed by atoms with Gasteiger partial charge in [-0.1, -0.05) is 27.5 Å². The van der Waals surface area contributed by atoms with Gasteiger partial charge in [0.2, 0.25) is 0 Å². The number of carbonyl (C=O) groups is 1. The third-order valence-corrected chi connectivity index (χ3v) is 4.19. The molecule has 0 spiro atoms. The Hall–Kier alpha value is -1.20. The lowest BCUT2D eigenvalue weighted by molar-refractivity contribution is 0.0989. The summed E-state index contributed by atoms with van der Waals surface area (Å²) in [7, 11) is 0. The Kier molecular flexibility index (Phi) is 4.60. The van der Waals surface area contributed by atoms with Crippen LogP contribution in [0, 0.1) is 12.7 Å². The minimum Gasteiger partial charge on any atom is -0.294 e. The van der Waals surface area contributed by atoms with Gasteiger partial charge in [-0.05, 0) is 32.0 Å². The molecule has 0 amide bonds. The Morgan fingerprint density at radius 1 is 1.50 bits per heavy atom. The van der Waals surface area contributed by atoms with Gasteiger partial charge in [-0.2, -0.15) is 5.10 Å². The van der Waals surface area contributed by atoms with E-state index in [2.05, 4.69) is 21.0 Å². The summed E-state index contributed by atoms with van der Waals surface area (Å²) in [5.74, 6) is -0.643. The summed E-state index contributed by atoms with van der Waals surface area (Å²) in [5.41, 5.74) is 1.66. The molecule has 1 aromatic heterocycles. The van der Waals surface area contributed by atoms with E-state index in [1.807, 2.05) is 6.92 Å². The molecule has 0 N–H and O–H groups in total. The minimum atomic E-state index is -0.442. The van der Waals surface area contributed by atoms with Gasteiger partial charge in [0.15, 0.2) is 5.78 Å². The topological polar surface area (TPSA) is 34.9 Å². The zero-order valence-electron chi connectivity index (χ0n) is 11.1. The van der Waals surface area contributed by atoms with Crippen LogP contribution in [0.3, 0.4) is 0 Å². The zero-order valence-corrected chi connectivity index (χ0v) is 13.4. The number of benzene rings is 1. The van der Waals surface area contributed by atoms with Crippen molar-refractivity contribution in [3.05, 3.63) is 50.5 Å². The van der Waals surface area contributed by atoms with Gasteiger partial charge in [0.25, 0.3) is 0 Å². The van der Waals surface area contributed by atoms with Gasteiger partial charge in [0.05, 0.1) is 22.8 Å². The van der Waals surface area contributed by atoms with E-state index in [0.717, 1.165) is 0 Å². The van der Waals surface area contributed by atoms with Gasteiger partial charge in [-0.3, -0.25) is 9.48 Å². The Bertz CT molecular complexity index is 669. The third-order valence-electron chi connectivity index (χ3n) is 3.01. The molecular weight excluding hydrogens is 347 g/mol. The molecule has 0 radical (unpaired) electrons. The fraction of sp³-hybridized carbons (Fsp3) is 0.286. The molecule has 3 nitrogen and oxygen atoms in total. The SMILES string of the molecule is CCn1nc(C)c(Cl)c1CC(=O)c1cc(F)ccc1Br. The van der Waals surface area contributed by atoms with Crippen molar-refractivity contribution in [3.8, 4) is 0 Å². The summed E-state index contributed by atoms with van der Waals surface area (Å²) >= 11 is 9.43. The van der Waals surface area contributed by atoms with Crippen molar-refractivity contribution in [2.24, 2.45) is 0 Å². The molecule has 0 aliphatic rings. The normalized spacial score (nSPS) is 10.8. The predicted octanol–water partition coefficient (Wildman–Crippen LogP) is 4.19. The Labute approximate surface area is 129 Å². The van der Waals surface area contributed by atoms with E-state index < -0.39 is 5.82 Å². The van der Waals surface area contributed by atoms with Crippen LogP contribution in [0.5, 0.6) is 0 Å². The van der Waals surface area contributed by atoms with E-state index in [1.54, 1.807) is 11.6 Å². The van der Waals surface area contributed by atoms with Crippen molar-refractivity contribution in [3.63, 3.8) is 0 Å². The first-order chi connectivity index (χ1) is 9.43. The van der Waals surface area contributed by atoms with Crippen molar-refractivity contribution >= 4 is 33.3 Å². The first kappa shape index (κ1) is 15.2. The minimum absolute atomic E-state index is 0.0928. The highest BCUT2D eigenvalue weighted by atomic mass is 79.9. The summed E-state index contributed by atoms with van der Waals surface area (Å²) in [6.07, 6.45) is 0.0928. The number of aryl methyl sites for hydroxylation is 2. The lowest BCUT2D eigenvalue weighted by atomic mass is 10.1. The number of carbonyl (C=O) groups excluding carboxylic acids is 1. The number of nitrogens with zero attached hydrogens (tertiary/aromatic N) is 2. The van der Waals surface area contributed by atoms with Crippen molar-refractivity contribution in [2.45, 2.75) is 26.8 Å². The number of hydrogen-bond donors (Lipinski definition) is 0. The molecule has 0 saturated carbocycles. The van der Waals surface area contributed by atoms with Crippen molar-refractivity contribution in [1.82, 2.24) is 9.78 Å². The number of aromatic nitrogens is 2. The second kappa shape index (κ2) is 6.06. The standard InChI is InChI=1S/C14H13BrClFN2O/c1-3-19-12(14(16)8(2)18-19)7-13(20)10-6-9(17)4-5-11(10)15/h4-6H,3,7H2,1-2H3. The quantitative estimate of drug-likeness (QED) is 0.767. The van der Waals surface area contributed by atoms with E-state index in [0.29, 0.717) is 33.0 Å². The number of Topliss-reactive ketones (excluding diaryl/α,β-unsaturated/α-hetero) is 1. The molecule has 0 saturated heterocycles. The molecule has 20 heavy (non-hydrogen) atoms. The van der Waals surface area contributed by atoms with Gasteiger partial charge in [-0.15, -0.1) is 0 Å². The van der Waals surface area contributed by atoms with E-state index in [-0.39, 0.29) is 12.2 Å². The van der Waals surface area contributed by atoms with Crippen LogP contribution in [0.2, 0.25) is 5.02 Å². The summed E-state index contributed by atoms with van der Waals surface area (Å²) in [5, 5.41) is 4.76. The molecule has 0 unspecified atom stereocenters. The van der Waals surface area contributed by atoms with E-state index >= 15 is 0 Å². The van der Waals surface area contributed by atoms with Crippen LogP contribution in [-0.4, -0.2) is 15.6 Å². The van der Waals surface area contributed by atoms with Gasteiger partial charge in [0, 0.05) is 16.6 Å². The van der Waals surface area contributed by atoms with Crippen LogP contribution >= 0.6 is 27.5 Å². The number of ketones is 1. The Balaban J connectivity index is 2.35. The molecule has 0 bridgehead atoms. The molecule has 1 heterocycles. The smallest absolute Gasteiger partial charge is 0.170 e. The van der Waals surface area contributed by atoms with E-state index in [9.17, 15) is 9.18 Å². The Morgan fingerprint density at radius 3 is 2.85 bits per heavy atom. The monoisotopic (exact) mass is 358 g/mol. The molecule has 106 valence electrons. The molecule has 0 atom stereocenters. The number of rotatable bonds is 4. The van der Waals surface area contributed by atoms with Gasteiger partial charge in [-0.25, -0.2) is 4.39 Å². The maximum absolute atomic E-state index is 13.3. The van der Waals surface area contributed by atoms with Crippen LogP contribution in [0.15, 0.2) is 22.7 Å². The van der Waals surface area contributed by atoms with E-state index in [4.69, 9.17) is 11.6 Å². The number of hydrogen-bond acceptors (Lipinski definition) is 2. The average Bonchev–Trinajstić information content (AvgIpc) is 2.69. The fourth-order valence-corrected chi connectivity index (χ4v) is 2.67. The Morgan fingerprint density at radius 2 is 2.20 bits per heavy atom. The van der Waals surface area contributed by atoms with Crippen LogP contribution < -0.4 is 0 Å². The average molecular weight is 360 g/mol. The highest BCUT2D eigenvalue weighted by Crippen LogP contribution is 2.24. The first-order valence-corrected chi connectivity index (χ1v) is 7.31. The maximum atomic E-state index is 13.3. The number of halogens is 3. The molecular formula is C14H13BrClFN2O. The molecule has 0 aliphatic heterocycles. The van der Waals surface area contributed by atoms with Crippen LogP contribution in [-0.2, 0) is 13.0 Å². The lowest BCUT2D eigenvalue weighted by Gasteiger charge is -2.06. The van der Waals surface area contributed by atoms with Gasteiger partial charge in [0.1, 0.15) is 5.82 Å². The summed E-state index contributed by atoms with van der Waals surface area (Å²) in [6.45, 7) is 4.34. The second-order valence-corrected chi connectivity index (χ2v) is 5.62. The first-order valence-electron chi connectivity index (χ1n) is 6.14. The van der Waals surface area contributed by atoms with Crippen molar-refractivity contribution in [1.29, 1.82) is 0 Å². The molecule has 6 heteroatoms. The molecule has 2 aromatic rings. The van der Waals surface area contributed by atoms with Crippen molar-refractivity contribution < 1.29 is 9.18 Å². The predicted molar refractivity (Wildman–Crippen MR) is 79.8 cm³/mol. The maximum Gasteiger partial charge on any atom is 0.170 e. The zero-order chi connectivity index (χ0) is 14.9. The molecule has 1 aromatic carbocycles. The van der Waals surface area contributed by atoms with Gasteiger partial charge < -0.3 is 0 Å². The van der Waals surface area contributed by atoms with E-state index in [1.165, 1.54) is 18.2 Å². The van der Waals surface area contributed by atoms with Crippen LogP contribution in [0.25, 0.3) is 0 Å². The second-order valence-electron chi connectivity index (χ2n) is 4.39. The van der Waals surface area contributed by atoms with Gasteiger partial charge >= 0.3 is 0 Å². The highest BCUT2D eigenvalue weighted by Gasteiger charge is 2.18. The third kappa shape index (κ3) is 2.94. The lowest BCUT2D eigenvalue weighted by Crippen LogP contribution is -2.11. The largest absolute Gasteiger partial charge is 0.294 e. The summed E-state index contributed by atoms with van der Waals surface area (Å²) in [4.78, 5) is 12.3. The van der Waals surface area contributed by atoms with Crippen molar-refractivity contribution in [2.75, 3.05) is 0 Å².